The molecule has 5 heteroatoms. The normalized spacial score (nSPS) is 20.3. The molecule has 1 aliphatic carbocycles. The maximum atomic E-state index is 9.79. The van der Waals surface area contributed by atoms with Crippen molar-refractivity contribution < 1.29 is 4.74 Å². The summed E-state index contributed by atoms with van der Waals surface area (Å²) in [5, 5.41) is 9.79. The third-order valence-corrected chi connectivity index (χ3v) is 5.01. The number of ether oxygens (including phenoxy) is 1. The number of methoxy groups -OCH3 is 1. The zero-order chi connectivity index (χ0) is 15.8. The lowest BCUT2D eigenvalue weighted by Crippen LogP contribution is -2.33. The Labute approximate surface area is 136 Å². The number of aromatic nitrogens is 2. The summed E-state index contributed by atoms with van der Waals surface area (Å²) in [6.07, 6.45) is 6.01. The molecular weight excluding hydrogens is 288 g/mol. The summed E-state index contributed by atoms with van der Waals surface area (Å²) >= 11 is 0. The summed E-state index contributed by atoms with van der Waals surface area (Å²) in [4.78, 5) is 10.6. The number of hydrogen-bond donors (Lipinski definition) is 1. The molecule has 0 spiro atoms. The van der Waals surface area contributed by atoms with Crippen LogP contribution in [0.2, 0.25) is 0 Å². The van der Waals surface area contributed by atoms with Crippen molar-refractivity contribution >= 4 is 11.0 Å². The summed E-state index contributed by atoms with van der Waals surface area (Å²) < 4.78 is 5.49. The van der Waals surface area contributed by atoms with Crippen LogP contribution < -0.4 is 4.74 Å². The highest BCUT2D eigenvalue weighted by molar-refractivity contribution is 5.86. The van der Waals surface area contributed by atoms with Crippen LogP contribution >= 0.6 is 0 Å². The van der Waals surface area contributed by atoms with Crippen molar-refractivity contribution in [1.82, 2.24) is 14.9 Å². The quantitative estimate of drug-likeness (QED) is 0.938. The summed E-state index contributed by atoms with van der Waals surface area (Å²) in [7, 11) is 1.68. The Morgan fingerprint density at radius 3 is 2.74 bits per heavy atom. The number of fused-ring (bicyclic) bond motifs is 1. The second-order valence-electron chi connectivity index (χ2n) is 6.61. The van der Waals surface area contributed by atoms with E-state index in [1.807, 2.05) is 12.1 Å². The standard InChI is InChI=1S/C18H22N4O/c1-23-15-8-7-13(14(11-19)22-9-3-2-4-10-22)16-17(15)21-18(20-16)12-5-6-12/h7-8,12,14H,2-6,9-10H2,1H3,(H,20,21). The smallest absolute Gasteiger partial charge is 0.144 e. The number of hydrogen-bond acceptors (Lipinski definition) is 4. The average Bonchev–Trinajstić information content (AvgIpc) is 3.35. The highest BCUT2D eigenvalue weighted by Gasteiger charge is 2.30. The molecule has 23 heavy (non-hydrogen) atoms. The molecule has 1 aromatic carbocycles. The van der Waals surface area contributed by atoms with E-state index in [2.05, 4.69) is 16.0 Å². The number of nitrogens with zero attached hydrogens (tertiary/aromatic N) is 3. The number of benzene rings is 1. The van der Waals surface area contributed by atoms with Crippen molar-refractivity contribution in [2.45, 2.75) is 44.1 Å². The van der Waals surface area contributed by atoms with Gasteiger partial charge in [0.15, 0.2) is 0 Å². The molecule has 4 rings (SSSR count). The fourth-order valence-electron chi connectivity index (χ4n) is 3.57. The van der Waals surface area contributed by atoms with Gasteiger partial charge in [0, 0.05) is 11.5 Å². The van der Waals surface area contributed by atoms with Gasteiger partial charge in [-0.05, 0) is 44.8 Å². The minimum atomic E-state index is -0.223. The van der Waals surface area contributed by atoms with E-state index in [1.165, 1.54) is 32.1 Å². The fraction of sp³-hybridized carbons (Fsp3) is 0.556. The lowest BCUT2D eigenvalue weighted by atomic mass is 10.0. The van der Waals surface area contributed by atoms with Crippen molar-refractivity contribution in [3.63, 3.8) is 0 Å². The highest BCUT2D eigenvalue weighted by atomic mass is 16.5. The van der Waals surface area contributed by atoms with Gasteiger partial charge in [-0.3, -0.25) is 4.90 Å². The van der Waals surface area contributed by atoms with Crippen molar-refractivity contribution in [3.05, 3.63) is 23.5 Å². The van der Waals surface area contributed by atoms with E-state index in [9.17, 15) is 5.26 Å². The first-order valence-electron chi connectivity index (χ1n) is 8.52. The molecule has 1 N–H and O–H groups in total. The van der Waals surface area contributed by atoms with Crippen molar-refractivity contribution in [2.75, 3.05) is 20.2 Å². The predicted octanol–water partition coefficient (Wildman–Crippen LogP) is 3.50. The predicted molar refractivity (Wildman–Crippen MR) is 88.4 cm³/mol. The largest absolute Gasteiger partial charge is 0.494 e. The number of piperidine rings is 1. The van der Waals surface area contributed by atoms with Gasteiger partial charge in [0.2, 0.25) is 0 Å². The van der Waals surface area contributed by atoms with Crippen LogP contribution in [0.4, 0.5) is 0 Å². The number of rotatable bonds is 4. The molecule has 1 unspecified atom stereocenters. The molecule has 1 saturated carbocycles. The molecular formula is C18H22N4O. The zero-order valence-corrected chi connectivity index (χ0v) is 13.5. The van der Waals surface area contributed by atoms with E-state index in [0.29, 0.717) is 5.92 Å². The molecule has 1 atom stereocenters. The molecule has 2 aliphatic rings. The van der Waals surface area contributed by atoms with Gasteiger partial charge in [-0.1, -0.05) is 12.5 Å². The lowest BCUT2D eigenvalue weighted by Gasteiger charge is -2.30. The summed E-state index contributed by atoms with van der Waals surface area (Å²) in [5.74, 6) is 2.40. The molecule has 2 heterocycles. The minimum absolute atomic E-state index is 0.223. The Kier molecular flexibility index (Phi) is 3.70. The van der Waals surface area contributed by atoms with Gasteiger partial charge >= 0.3 is 0 Å². The van der Waals surface area contributed by atoms with E-state index < -0.39 is 0 Å². The highest BCUT2D eigenvalue weighted by Crippen LogP contribution is 2.41. The Hall–Kier alpha value is -2.06. The maximum Gasteiger partial charge on any atom is 0.144 e. The molecule has 1 aliphatic heterocycles. The summed E-state index contributed by atoms with van der Waals surface area (Å²) in [5.41, 5.74) is 2.85. The van der Waals surface area contributed by atoms with Gasteiger partial charge in [0.1, 0.15) is 23.1 Å². The van der Waals surface area contributed by atoms with Gasteiger partial charge in [-0.2, -0.15) is 5.26 Å². The van der Waals surface area contributed by atoms with Crippen LogP contribution in [0.15, 0.2) is 12.1 Å². The Bertz CT molecular complexity index is 750. The van der Waals surface area contributed by atoms with Crippen LogP contribution in [0, 0.1) is 11.3 Å². The second kappa shape index (κ2) is 5.86. The Morgan fingerprint density at radius 2 is 2.09 bits per heavy atom. The van der Waals surface area contributed by atoms with Gasteiger partial charge < -0.3 is 9.72 Å². The van der Waals surface area contributed by atoms with Crippen molar-refractivity contribution in [3.8, 4) is 11.8 Å². The molecule has 0 amide bonds. The van der Waals surface area contributed by atoms with Crippen LogP contribution in [0.3, 0.4) is 0 Å². The molecule has 1 aromatic heterocycles. The molecule has 2 aromatic rings. The van der Waals surface area contributed by atoms with Crippen molar-refractivity contribution in [1.29, 1.82) is 5.26 Å². The topological polar surface area (TPSA) is 64.9 Å². The first-order chi connectivity index (χ1) is 11.3. The Balaban J connectivity index is 1.80. The van der Waals surface area contributed by atoms with Crippen LogP contribution in [-0.4, -0.2) is 35.1 Å². The van der Waals surface area contributed by atoms with Crippen LogP contribution in [0.1, 0.15) is 55.5 Å². The summed E-state index contributed by atoms with van der Waals surface area (Å²) in [6.45, 7) is 1.98. The fourth-order valence-corrected chi connectivity index (χ4v) is 3.57. The molecule has 0 bridgehead atoms. The van der Waals surface area contributed by atoms with Crippen LogP contribution in [-0.2, 0) is 0 Å². The number of H-pyrrole nitrogens is 1. The second-order valence-corrected chi connectivity index (χ2v) is 6.61. The third-order valence-electron chi connectivity index (χ3n) is 5.01. The SMILES string of the molecule is COc1ccc(C(C#N)N2CCCCC2)c2nc(C3CC3)[nH]c12. The van der Waals surface area contributed by atoms with Crippen molar-refractivity contribution in [2.24, 2.45) is 0 Å². The molecule has 5 nitrogen and oxygen atoms in total. The average molecular weight is 310 g/mol. The monoisotopic (exact) mass is 310 g/mol. The first kappa shape index (κ1) is 14.5. The number of likely N-dealkylation sites (tertiary alicyclic amines) is 1. The number of aromatic amines is 1. The lowest BCUT2D eigenvalue weighted by molar-refractivity contribution is 0.197. The molecule has 0 radical (unpaired) electrons. The van der Waals surface area contributed by atoms with E-state index in [0.717, 1.165) is 41.3 Å². The van der Waals surface area contributed by atoms with Gasteiger partial charge in [-0.25, -0.2) is 4.98 Å². The van der Waals surface area contributed by atoms with E-state index in [1.54, 1.807) is 7.11 Å². The van der Waals surface area contributed by atoms with E-state index in [4.69, 9.17) is 9.72 Å². The Morgan fingerprint density at radius 1 is 1.30 bits per heavy atom. The summed E-state index contributed by atoms with van der Waals surface area (Å²) in [6, 6.07) is 6.25. The molecule has 120 valence electrons. The third kappa shape index (κ3) is 2.57. The maximum absolute atomic E-state index is 9.79. The number of nitrogens with one attached hydrogen (secondary N) is 1. The van der Waals surface area contributed by atoms with E-state index in [-0.39, 0.29) is 6.04 Å². The van der Waals surface area contributed by atoms with Gasteiger partial charge in [0.25, 0.3) is 0 Å². The number of nitriles is 1. The van der Waals surface area contributed by atoms with Crippen LogP contribution in [0.5, 0.6) is 5.75 Å². The van der Waals surface area contributed by atoms with Gasteiger partial charge in [0.05, 0.1) is 18.7 Å². The van der Waals surface area contributed by atoms with E-state index >= 15 is 0 Å². The molecule has 2 fully saturated rings. The molecule has 1 saturated heterocycles. The zero-order valence-electron chi connectivity index (χ0n) is 13.5. The number of imidazole rings is 1. The van der Waals surface area contributed by atoms with Gasteiger partial charge in [-0.15, -0.1) is 0 Å². The first-order valence-corrected chi connectivity index (χ1v) is 8.52. The van der Waals surface area contributed by atoms with Crippen LogP contribution in [0.25, 0.3) is 11.0 Å². The minimum Gasteiger partial charge on any atom is -0.494 e.